The molecule has 18 heavy (non-hydrogen) atoms. The molecule has 0 saturated heterocycles. The van der Waals surface area contributed by atoms with Crippen molar-refractivity contribution < 1.29 is 9.47 Å². The van der Waals surface area contributed by atoms with Crippen molar-refractivity contribution in [1.29, 1.82) is 0 Å². The van der Waals surface area contributed by atoms with Gasteiger partial charge in [0.2, 0.25) is 0 Å². The lowest BCUT2D eigenvalue weighted by Crippen LogP contribution is -2.28. The molecule has 0 spiro atoms. The molecule has 0 heterocycles. The first-order valence-electron chi connectivity index (χ1n) is 6.44. The van der Waals surface area contributed by atoms with Crippen LogP contribution in [0, 0.1) is 5.41 Å². The van der Waals surface area contributed by atoms with E-state index in [-0.39, 0.29) is 0 Å². The number of hydrogen-bond acceptors (Lipinski definition) is 3. The Balaban J connectivity index is 2.62. The fourth-order valence-corrected chi connectivity index (χ4v) is 1.66. The zero-order chi connectivity index (χ0) is 13.6. The Labute approximate surface area is 110 Å². The van der Waals surface area contributed by atoms with Gasteiger partial charge >= 0.3 is 0 Å². The van der Waals surface area contributed by atoms with E-state index in [1.54, 1.807) is 14.2 Å². The highest BCUT2D eigenvalue weighted by atomic mass is 16.5. The fraction of sp³-hybridized carbons (Fsp3) is 0.600. The molecule has 0 radical (unpaired) electrons. The maximum absolute atomic E-state index is 5.38. The molecule has 102 valence electrons. The van der Waals surface area contributed by atoms with Gasteiger partial charge in [-0.1, -0.05) is 26.8 Å². The topological polar surface area (TPSA) is 30.5 Å². The summed E-state index contributed by atoms with van der Waals surface area (Å²) in [6.45, 7) is 8.57. The molecule has 0 aliphatic carbocycles. The van der Waals surface area contributed by atoms with Crippen molar-refractivity contribution >= 4 is 0 Å². The molecule has 0 aliphatic heterocycles. The monoisotopic (exact) mass is 251 g/mol. The molecule has 0 amide bonds. The summed E-state index contributed by atoms with van der Waals surface area (Å²) in [5, 5.41) is 3.48. The van der Waals surface area contributed by atoms with Crippen LogP contribution in [0.3, 0.4) is 0 Å². The lowest BCUT2D eigenvalue weighted by Gasteiger charge is -2.23. The van der Waals surface area contributed by atoms with Gasteiger partial charge in [-0.15, -0.1) is 0 Å². The summed E-state index contributed by atoms with van der Waals surface area (Å²) in [4.78, 5) is 0. The molecule has 0 fully saturated rings. The molecule has 0 aromatic heterocycles. The second-order valence-electron chi connectivity index (χ2n) is 5.30. The molecule has 1 aromatic rings. The summed E-state index contributed by atoms with van der Waals surface area (Å²) in [6, 6.07) is 5.93. The Morgan fingerprint density at radius 3 is 2.44 bits per heavy atom. The predicted molar refractivity (Wildman–Crippen MR) is 75.3 cm³/mol. The summed E-state index contributed by atoms with van der Waals surface area (Å²) in [6.07, 6.45) is 1.17. The van der Waals surface area contributed by atoms with Gasteiger partial charge in [-0.3, -0.25) is 0 Å². The summed E-state index contributed by atoms with van der Waals surface area (Å²) in [7, 11) is 3.35. The van der Waals surface area contributed by atoms with Gasteiger partial charge in [0.15, 0.2) is 0 Å². The average Bonchev–Trinajstić information content (AvgIpc) is 2.38. The number of hydrogen-bond donors (Lipinski definition) is 1. The quantitative estimate of drug-likeness (QED) is 0.807. The van der Waals surface area contributed by atoms with E-state index in [0.29, 0.717) is 5.41 Å². The third-order valence-corrected chi connectivity index (χ3v) is 3.37. The number of nitrogens with one attached hydrogen (secondary N) is 1. The van der Waals surface area contributed by atoms with Gasteiger partial charge in [0.1, 0.15) is 11.5 Å². The van der Waals surface area contributed by atoms with Crippen molar-refractivity contribution in [2.45, 2.75) is 33.7 Å². The summed E-state index contributed by atoms with van der Waals surface area (Å²) in [5.41, 5.74) is 1.49. The normalized spacial score (nSPS) is 11.4. The third-order valence-electron chi connectivity index (χ3n) is 3.37. The van der Waals surface area contributed by atoms with Crippen LogP contribution in [0.5, 0.6) is 11.5 Å². The predicted octanol–water partition coefficient (Wildman–Crippen LogP) is 3.23. The van der Waals surface area contributed by atoms with Gasteiger partial charge in [-0.25, -0.2) is 0 Å². The van der Waals surface area contributed by atoms with Gasteiger partial charge in [0.25, 0.3) is 0 Å². The van der Waals surface area contributed by atoms with E-state index in [0.717, 1.165) is 30.2 Å². The molecule has 3 nitrogen and oxygen atoms in total. The van der Waals surface area contributed by atoms with E-state index < -0.39 is 0 Å². The van der Waals surface area contributed by atoms with Gasteiger partial charge < -0.3 is 14.8 Å². The largest absolute Gasteiger partial charge is 0.497 e. The third kappa shape index (κ3) is 4.22. The molecule has 1 rings (SSSR count). The Morgan fingerprint density at radius 1 is 1.17 bits per heavy atom. The molecule has 0 bridgehead atoms. The van der Waals surface area contributed by atoms with Gasteiger partial charge in [-0.05, 0) is 17.9 Å². The van der Waals surface area contributed by atoms with Crippen molar-refractivity contribution in [2.75, 3.05) is 20.8 Å². The maximum Gasteiger partial charge on any atom is 0.127 e. The molecule has 1 aromatic carbocycles. The smallest absolute Gasteiger partial charge is 0.127 e. The van der Waals surface area contributed by atoms with Crippen LogP contribution in [-0.4, -0.2) is 20.8 Å². The Kier molecular flexibility index (Phi) is 5.48. The number of ether oxygens (including phenoxy) is 2. The minimum Gasteiger partial charge on any atom is -0.497 e. The standard InChI is InChI=1S/C15H25NO2/c1-6-15(2,3)11-16-10-12-7-8-13(17-4)9-14(12)18-5/h7-9,16H,6,10-11H2,1-5H3. The fourth-order valence-electron chi connectivity index (χ4n) is 1.66. The molecule has 0 atom stereocenters. The van der Waals surface area contributed by atoms with E-state index in [2.05, 4.69) is 26.1 Å². The van der Waals surface area contributed by atoms with Crippen LogP contribution in [0.25, 0.3) is 0 Å². The van der Waals surface area contributed by atoms with Crippen LogP contribution >= 0.6 is 0 Å². The minimum absolute atomic E-state index is 0.333. The Bertz CT molecular complexity index is 375. The molecular formula is C15H25NO2. The first kappa shape index (κ1) is 14.8. The van der Waals surface area contributed by atoms with Crippen LogP contribution < -0.4 is 14.8 Å². The van der Waals surface area contributed by atoms with Crippen LogP contribution in [0.1, 0.15) is 32.8 Å². The van der Waals surface area contributed by atoms with Crippen molar-refractivity contribution in [3.8, 4) is 11.5 Å². The highest BCUT2D eigenvalue weighted by molar-refractivity contribution is 5.40. The van der Waals surface area contributed by atoms with Gasteiger partial charge in [0.05, 0.1) is 14.2 Å². The van der Waals surface area contributed by atoms with Crippen LogP contribution in [-0.2, 0) is 6.54 Å². The van der Waals surface area contributed by atoms with Crippen molar-refractivity contribution in [3.05, 3.63) is 23.8 Å². The van der Waals surface area contributed by atoms with Gasteiger partial charge in [0, 0.05) is 24.7 Å². The summed E-state index contributed by atoms with van der Waals surface area (Å²) >= 11 is 0. The molecule has 1 N–H and O–H groups in total. The van der Waals surface area contributed by atoms with Crippen molar-refractivity contribution in [1.82, 2.24) is 5.32 Å². The van der Waals surface area contributed by atoms with E-state index in [9.17, 15) is 0 Å². The lowest BCUT2D eigenvalue weighted by molar-refractivity contribution is 0.325. The summed E-state index contributed by atoms with van der Waals surface area (Å²) in [5.74, 6) is 1.70. The van der Waals surface area contributed by atoms with Crippen molar-refractivity contribution in [2.24, 2.45) is 5.41 Å². The first-order chi connectivity index (χ1) is 8.52. The SMILES string of the molecule is CCC(C)(C)CNCc1ccc(OC)cc1OC. The minimum atomic E-state index is 0.333. The molecule has 3 heteroatoms. The first-order valence-corrected chi connectivity index (χ1v) is 6.44. The highest BCUT2D eigenvalue weighted by Crippen LogP contribution is 2.25. The zero-order valence-corrected chi connectivity index (χ0v) is 12.2. The van der Waals surface area contributed by atoms with Crippen molar-refractivity contribution in [3.63, 3.8) is 0 Å². The number of rotatable bonds is 7. The van der Waals surface area contributed by atoms with E-state index in [1.165, 1.54) is 6.42 Å². The van der Waals surface area contributed by atoms with E-state index >= 15 is 0 Å². The molecule has 0 aliphatic rings. The highest BCUT2D eigenvalue weighted by Gasteiger charge is 2.14. The van der Waals surface area contributed by atoms with E-state index in [1.807, 2.05) is 18.2 Å². The van der Waals surface area contributed by atoms with E-state index in [4.69, 9.17) is 9.47 Å². The second kappa shape index (κ2) is 6.64. The van der Waals surface area contributed by atoms with Gasteiger partial charge in [-0.2, -0.15) is 0 Å². The second-order valence-corrected chi connectivity index (χ2v) is 5.30. The number of methoxy groups -OCH3 is 2. The average molecular weight is 251 g/mol. The zero-order valence-electron chi connectivity index (χ0n) is 12.2. The molecule has 0 unspecified atom stereocenters. The molecular weight excluding hydrogens is 226 g/mol. The number of benzene rings is 1. The van der Waals surface area contributed by atoms with Crippen LogP contribution in [0.4, 0.5) is 0 Å². The lowest BCUT2D eigenvalue weighted by atomic mass is 9.90. The van der Waals surface area contributed by atoms with Crippen LogP contribution in [0.15, 0.2) is 18.2 Å². The van der Waals surface area contributed by atoms with Crippen LogP contribution in [0.2, 0.25) is 0 Å². The Morgan fingerprint density at radius 2 is 1.89 bits per heavy atom. The summed E-state index contributed by atoms with van der Waals surface area (Å²) < 4.78 is 10.6. The maximum atomic E-state index is 5.38. The molecule has 0 saturated carbocycles. The Hall–Kier alpha value is -1.22.